The molecule has 0 bridgehead atoms. The summed E-state index contributed by atoms with van der Waals surface area (Å²) in [7, 11) is -5.79. The quantitative estimate of drug-likeness (QED) is 0.236. The number of nitrogens with zero attached hydrogens (tertiary/aromatic N) is 1. The molecule has 0 aliphatic heterocycles. The van der Waals surface area contributed by atoms with Crippen molar-refractivity contribution in [1.82, 2.24) is 0 Å². The van der Waals surface area contributed by atoms with Crippen molar-refractivity contribution in [3.63, 3.8) is 0 Å². The van der Waals surface area contributed by atoms with Crippen LogP contribution in [0.1, 0.15) is 68.2 Å². The first kappa shape index (κ1) is 27.9. The van der Waals surface area contributed by atoms with E-state index in [0.29, 0.717) is 52.1 Å². The van der Waals surface area contributed by atoms with Crippen LogP contribution in [0.2, 0.25) is 6.04 Å². The lowest BCUT2D eigenvalue weighted by atomic mass is 10.3. The fourth-order valence-electron chi connectivity index (χ4n) is 3.01. The average Bonchev–Trinajstić information content (AvgIpc) is 2.66. The van der Waals surface area contributed by atoms with Crippen molar-refractivity contribution < 1.29 is 26.6 Å². The highest BCUT2D eigenvalue weighted by Gasteiger charge is 2.52. The third-order valence-corrected chi connectivity index (χ3v) is 10.5. The van der Waals surface area contributed by atoms with Crippen LogP contribution >= 0.6 is 0 Å². The summed E-state index contributed by atoms with van der Waals surface area (Å²) in [5.41, 5.74) is 0.845. The Balaban J connectivity index is 5.85. The number of hydrogen-bond acceptors (Lipinski definition) is 7. The van der Waals surface area contributed by atoms with Gasteiger partial charge in [-0.3, -0.25) is 4.99 Å². The molecule has 7 nitrogen and oxygen atoms in total. The van der Waals surface area contributed by atoms with Gasteiger partial charge in [0.1, 0.15) is 5.67 Å². The van der Waals surface area contributed by atoms with Crippen LogP contribution in [0.15, 0.2) is 4.99 Å². The lowest BCUT2D eigenvalue weighted by molar-refractivity contribution is 0.0575. The van der Waals surface area contributed by atoms with E-state index >= 15 is 0 Å². The van der Waals surface area contributed by atoms with Crippen molar-refractivity contribution in [1.29, 1.82) is 0 Å². The van der Waals surface area contributed by atoms with Gasteiger partial charge < -0.3 is 26.6 Å². The Labute approximate surface area is 174 Å². The Bertz CT molecular complexity index is 391. The zero-order valence-electron chi connectivity index (χ0n) is 19.3. The van der Waals surface area contributed by atoms with E-state index in [1.807, 2.05) is 48.5 Å². The smallest absolute Gasteiger partial charge is 0.374 e. The molecule has 0 N–H and O–H groups in total. The summed E-state index contributed by atoms with van der Waals surface area (Å²) >= 11 is 0. The second-order valence-corrected chi connectivity index (χ2v) is 11.6. The monoisotopic (exact) mass is 437 g/mol. The summed E-state index contributed by atoms with van der Waals surface area (Å²) in [5, 5.41) is 0. The standard InChI is InChI=1S/C19H43NO6Si2/c1-9-18(8)20-19(28(24-13-5,25-14-6)26-15-7)16-17-27(21-10-2,22-11-3)23-12-4/h19H,9-17H2,1-8H3. The Kier molecular flexibility index (Phi) is 15.6. The third-order valence-electron chi connectivity index (χ3n) is 4.15. The zero-order valence-corrected chi connectivity index (χ0v) is 21.3. The predicted octanol–water partition coefficient (Wildman–Crippen LogP) is 4.25. The van der Waals surface area contributed by atoms with E-state index in [0.717, 1.165) is 12.1 Å². The Morgan fingerprint density at radius 2 is 1.07 bits per heavy atom. The fraction of sp³-hybridized carbons (Fsp3) is 0.947. The van der Waals surface area contributed by atoms with Crippen LogP contribution in [0.25, 0.3) is 0 Å². The topological polar surface area (TPSA) is 67.7 Å². The van der Waals surface area contributed by atoms with Crippen molar-refractivity contribution in [2.24, 2.45) is 4.99 Å². The molecule has 9 heteroatoms. The molecule has 0 aliphatic carbocycles. The lowest BCUT2D eigenvalue weighted by Crippen LogP contribution is -2.57. The summed E-state index contributed by atoms with van der Waals surface area (Å²) < 4.78 is 36.5. The van der Waals surface area contributed by atoms with Crippen LogP contribution in [0, 0.1) is 0 Å². The van der Waals surface area contributed by atoms with Crippen LogP contribution in [0.5, 0.6) is 0 Å². The van der Waals surface area contributed by atoms with Crippen LogP contribution in [0.3, 0.4) is 0 Å². The van der Waals surface area contributed by atoms with Crippen LogP contribution < -0.4 is 0 Å². The molecule has 0 aromatic heterocycles. The maximum atomic E-state index is 6.14. The van der Waals surface area contributed by atoms with Gasteiger partial charge in [-0.1, -0.05) is 6.92 Å². The van der Waals surface area contributed by atoms with E-state index in [4.69, 9.17) is 31.5 Å². The molecule has 28 heavy (non-hydrogen) atoms. The highest BCUT2D eigenvalue weighted by Crippen LogP contribution is 2.27. The molecule has 0 aliphatic rings. The summed E-state index contributed by atoms with van der Waals surface area (Å²) in [6.07, 6.45) is 1.55. The second-order valence-electron chi connectivity index (χ2n) is 6.16. The van der Waals surface area contributed by atoms with Crippen molar-refractivity contribution in [3.8, 4) is 0 Å². The predicted molar refractivity (Wildman–Crippen MR) is 118 cm³/mol. The summed E-state index contributed by atoms with van der Waals surface area (Å²) in [4.78, 5) is 4.97. The minimum absolute atomic E-state index is 0.208. The zero-order chi connectivity index (χ0) is 21.5. The molecule has 0 fully saturated rings. The van der Waals surface area contributed by atoms with E-state index in [1.165, 1.54) is 0 Å². The largest absolute Gasteiger partial charge is 0.526 e. The summed E-state index contributed by atoms with van der Waals surface area (Å²) in [6.45, 7) is 19.2. The SMILES string of the molecule is CCO[Si](CCC(N=C(C)CC)[Si](OCC)(OCC)OCC)(OCC)OCC. The van der Waals surface area contributed by atoms with Gasteiger partial charge in [0.25, 0.3) is 0 Å². The van der Waals surface area contributed by atoms with Gasteiger partial charge in [-0.25, -0.2) is 0 Å². The molecule has 0 saturated heterocycles. The van der Waals surface area contributed by atoms with Gasteiger partial charge in [0.15, 0.2) is 0 Å². The maximum absolute atomic E-state index is 6.14. The molecule has 0 heterocycles. The van der Waals surface area contributed by atoms with E-state index < -0.39 is 17.6 Å². The molecule has 0 radical (unpaired) electrons. The van der Waals surface area contributed by atoms with Crippen molar-refractivity contribution in [3.05, 3.63) is 0 Å². The maximum Gasteiger partial charge on any atom is 0.526 e. The molecule has 0 rings (SSSR count). The summed E-state index contributed by atoms with van der Waals surface area (Å²) in [6, 6.07) is 0.648. The minimum Gasteiger partial charge on any atom is -0.374 e. The van der Waals surface area contributed by atoms with E-state index in [2.05, 4.69) is 6.92 Å². The van der Waals surface area contributed by atoms with Gasteiger partial charge in [-0.05, 0) is 61.3 Å². The van der Waals surface area contributed by atoms with E-state index in [1.54, 1.807) is 0 Å². The Morgan fingerprint density at radius 1 is 0.679 bits per heavy atom. The van der Waals surface area contributed by atoms with E-state index in [9.17, 15) is 0 Å². The fourth-order valence-corrected chi connectivity index (χ4v) is 8.84. The van der Waals surface area contributed by atoms with Crippen molar-refractivity contribution in [2.45, 2.75) is 79.9 Å². The van der Waals surface area contributed by atoms with Crippen LogP contribution in [0.4, 0.5) is 0 Å². The Hall–Kier alpha value is -0.136. The minimum atomic E-state index is -3.00. The van der Waals surface area contributed by atoms with Crippen molar-refractivity contribution in [2.75, 3.05) is 39.6 Å². The number of rotatable bonds is 18. The van der Waals surface area contributed by atoms with Crippen LogP contribution in [-0.4, -0.2) is 68.6 Å². The normalized spacial score (nSPS) is 14.5. The first-order valence-electron chi connectivity index (χ1n) is 10.8. The number of hydrogen-bond donors (Lipinski definition) is 0. The molecule has 0 amide bonds. The van der Waals surface area contributed by atoms with Gasteiger partial charge in [0.2, 0.25) is 0 Å². The van der Waals surface area contributed by atoms with Crippen molar-refractivity contribution >= 4 is 23.3 Å². The highest BCUT2D eigenvalue weighted by atomic mass is 28.4. The molecule has 1 atom stereocenters. The highest BCUT2D eigenvalue weighted by molar-refractivity contribution is 6.64. The molecule has 0 aromatic carbocycles. The number of aliphatic imine (C=N–C) groups is 1. The van der Waals surface area contributed by atoms with Gasteiger partial charge in [-0.2, -0.15) is 0 Å². The Morgan fingerprint density at radius 3 is 1.39 bits per heavy atom. The van der Waals surface area contributed by atoms with Crippen LogP contribution in [-0.2, 0) is 26.6 Å². The summed E-state index contributed by atoms with van der Waals surface area (Å²) in [5.74, 6) is 0. The van der Waals surface area contributed by atoms with Gasteiger partial charge in [-0.15, -0.1) is 0 Å². The molecule has 1 unspecified atom stereocenters. The molecule has 0 saturated carbocycles. The lowest BCUT2D eigenvalue weighted by Gasteiger charge is -2.35. The molecule has 168 valence electrons. The first-order chi connectivity index (χ1) is 13.4. The van der Waals surface area contributed by atoms with Gasteiger partial charge in [0.05, 0.1) is 0 Å². The third kappa shape index (κ3) is 9.12. The van der Waals surface area contributed by atoms with E-state index in [-0.39, 0.29) is 5.67 Å². The molecular formula is C19H43NO6Si2. The second kappa shape index (κ2) is 15.7. The van der Waals surface area contributed by atoms with Gasteiger partial charge >= 0.3 is 17.6 Å². The molecule has 0 spiro atoms. The first-order valence-corrected chi connectivity index (χ1v) is 14.5. The average molecular weight is 438 g/mol. The molecular weight excluding hydrogens is 394 g/mol. The van der Waals surface area contributed by atoms with Gasteiger partial charge in [0, 0.05) is 51.4 Å². The molecule has 0 aromatic rings.